The summed E-state index contributed by atoms with van der Waals surface area (Å²) in [4.78, 5) is 30.5. The van der Waals surface area contributed by atoms with E-state index in [0.717, 1.165) is 36.3 Å². The molecule has 6 nitrogen and oxygen atoms in total. The molecule has 29 heavy (non-hydrogen) atoms. The number of likely N-dealkylation sites (tertiary alicyclic amines) is 1. The van der Waals surface area contributed by atoms with Gasteiger partial charge in [-0.1, -0.05) is 18.2 Å². The normalized spacial score (nSPS) is 22.9. The summed E-state index contributed by atoms with van der Waals surface area (Å²) >= 11 is 0. The monoisotopic (exact) mass is 389 g/mol. The van der Waals surface area contributed by atoms with Gasteiger partial charge in [0.2, 0.25) is 11.8 Å². The Balaban J connectivity index is 1.27. The van der Waals surface area contributed by atoms with Crippen LogP contribution >= 0.6 is 0 Å². The highest BCUT2D eigenvalue weighted by atomic mass is 16.5. The number of aromatic nitrogens is 1. The average Bonchev–Trinajstić information content (AvgIpc) is 2.94. The van der Waals surface area contributed by atoms with Gasteiger partial charge in [-0.2, -0.15) is 0 Å². The third kappa shape index (κ3) is 3.50. The second kappa shape index (κ2) is 7.35. The maximum absolute atomic E-state index is 12.8. The Morgan fingerprint density at radius 2 is 2.17 bits per heavy atom. The SMILES string of the molecule is O=C1CCc2cc(/C=C/C(=O)N3CCCC4c5ccccc5OC4C3)cnc2N1. The molecule has 0 aliphatic carbocycles. The van der Waals surface area contributed by atoms with E-state index in [0.29, 0.717) is 31.1 Å². The molecule has 3 aliphatic rings. The number of carbonyl (C=O) groups is 2. The van der Waals surface area contributed by atoms with Gasteiger partial charge in [0.1, 0.15) is 17.7 Å². The van der Waals surface area contributed by atoms with E-state index in [1.54, 1.807) is 18.3 Å². The third-order valence-corrected chi connectivity index (χ3v) is 5.99. The predicted molar refractivity (Wildman–Crippen MR) is 110 cm³/mol. The van der Waals surface area contributed by atoms with E-state index in [9.17, 15) is 9.59 Å². The molecule has 0 saturated carbocycles. The van der Waals surface area contributed by atoms with Gasteiger partial charge in [0.05, 0.1) is 6.54 Å². The molecule has 1 N–H and O–H groups in total. The van der Waals surface area contributed by atoms with Crippen LogP contribution in [0.15, 0.2) is 42.6 Å². The van der Waals surface area contributed by atoms with Gasteiger partial charge in [-0.25, -0.2) is 4.98 Å². The van der Waals surface area contributed by atoms with Gasteiger partial charge in [-0.05, 0) is 48.6 Å². The number of ether oxygens (including phenoxy) is 1. The molecule has 1 aromatic heterocycles. The van der Waals surface area contributed by atoms with E-state index in [-0.39, 0.29) is 17.9 Å². The molecule has 1 aromatic carbocycles. The van der Waals surface area contributed by atoms with Crippen molar-refractivity contribution in [2.75, 3.05) is 18.4 Å². The van der Waals surface area contributed by atoms with E-state index < -0.39 is 0 Å². The number of nitrogens with one attached hydrogen (secondary N) is 1. The minimum atomic E-state index is -0.00349. The number of anilines is 1. The number of rotatable bonds is 2. The average molecular weight is 389 g/mol. The number of para-hydroxylation sites is 1. The number of hydrogen-bond donors (Lipinski definition) is 1. The first-order valence-corrected chi connectivity index (χ1v) is 10.2. The van der Waals surface area contributed by atoms with Gasteiger partial charge >= 0.3 is 0 Å². The van der Waals surface area contributed by atoms with Crippen LogP contribution < -0.4 is 10.1 Å². The molecular formula is C23H23N3O3. The van der Waals surface area contributed by atoms with Crippen LogP contribution in [0.4, 0.5) is 5.82 Å². The summed E-state index contributed by atoms with van der Waals surface area (Å²) in [6, 6.07) is 10.2. The topological polar surface area (TPSA) is 71.5 Å². The molecule has 0 radical (unpaired) electrons. The van der Waals surface area contributed by atoms with Crippen molar-refractivity contribution in [3.05, 3.63) is 59.3 Å². The highest BCUT2D eigenvalue weighted by Crippen LogP contribution is 2.42. The van der Waals surface area contributed by atoms with Crippen molar-refractivity contribution in [2.24, 2.45) is 0 Å². The molecule has 6 heteroatoms. The van der Waals surface area contributed by atoms with Gasteiger partial charge in [-0.15, -0.1) is 0 Å². The molecule has 2 amide bonds. The summed E-state index contributed by atoms with van der Waals surface area (Å²) in [5.41, 5.74) is 3.15. The van der Waals surface area contributed by atoms with Crippen molar-refractivity contribution in [3.8, 4) is 5.75 Å². The second-order valence-corrected chi connectivity index (χ2v) is 7.88. The van der Waals surface area contributed by atoms with Crippen molar-refractivity contribution in [1.29, 1.82) is 0 Å². The summed E-state index contributed by atoms with van der Waals surface area (Å²) in [5, 5.41) is 2.78. The van der Waals surface area contributed by atoms with Crippen LogP contribution in [-0.4, -0.2) is 40.9 Å². The van der Waals surface area contributed by atoms with Gasteiger partial charge in [-0.3, -0.25) is 9.59 Å². The van der Waals surface area contributed by atoms with E-state index in [4.69, 9.17) is 4.74 Å². The number of aryl methyl sites for hydroxylation is 1. The highest BCUT2D eigenvalue weighted by molar-refractivity contribution is 5.93. The fourth-order valence-electron chi connectivity index (χ4n) is 4.50. The molecule has 2 atom stereocenters. The highest BCUT2D eigenvalue weighted by Gasteiger charge is 2.37. The smallest absolute Gasteiger partial charge is 0.246 e. The van der Waals surface area contributed by atoms with Crippen LogP contribution in [-0.2, 0) is 16.0 Å². The quantitative estimate of drug-likeness (QED) is 0.801. The molecule has 1 fully saturated rings. The zero-order valence-electron chi connectivity index (χ0n) is 16.1. The second-order valence-electron chi connectivity index (χ2n) is 7.88. The zero-order valence-corrected chi connectivity index (χ0v) is 16.1. The maximum Gasteiger partial charge on any atom is 0.246 e. The van der Waals surface area contributed by atoms with E-state index >= 15 is 0 Å². The van der Waals surface area contributed by atoms with Crippen LogP contribution in [0.5, 0.6) is 5.75 Å². The molecule has 5 rings (SSSR count). The molecule has 2 aromatic rings. The third-order valence-electron chi connectivity index (χ3n) is 5.99. The summed E-state index contributed by atoms with van der Waals surface area (Å²) in [6.45, 7) is 1.35. The van der Waals surface area contributed by atoms with Crippen LogP contribution in [0.2, 0.25) is 0 Å². The summed E-state index contributed by atoms with van der Waals surface area (Å²) in [6.07, 6.45) is 8.29. The van der Waals surface area contributed by atoms with Crippen LogP contribution in [0.25, 0.3) is 6.08 Å². The Hall–Kier alpha value is -3.15. The summed E-state index contributed by atoms with van der Waals surface area (Å²) in [5.74, 6) is 1.95. The number of nitrogens with zero attached hydrogens (tertiary/aromatic N) is 2. The lowest BCUT2D eigenvalue weighted by Crippen LogP contribution is -2.37. The summed E-state index contributed by atoms with van der Waals surface area (Å²) < 4.78 is 6.14. The van der Waals surface area contributed by atoms with Crippen molar-refractivity contribution >= 4 is 23.7 Å². The molecule has 4 heterocycles. The minimum Gasteiger partial charge on any atom is -0.488 e. The molecular weight excluding hydrogens is 366 g/mol. The Kier molecular flexibility index (Phi) is 4.54. The van der Waals surface area contributed by atoms with Gasteiger partial charge in [0.25, 0.3) is 0 Å². The Labute approximate surface area is 169 Å². The van der Waals surface area contributed by atoms with Crippen LogP contribution in [0.3, 0.4) is 0 Å². The van der Waals surface area contributed by atoms with Crippen molar-refractivity contribution in [3.63, 3.8) is 0 Å². The first kappa shape index (κ1) is 17.9. The van der Waals surface area contributed by atoms with Crippen LogP contribution in [0.1, 0.15) is 41.9 Å². The lowest BCUT2D eigenvalue weighted by atomic mass is 9.92. The number of fused-ring (bicyclic) bond motifs is 4. The number of hydrogen-bond acceptors (Lipinski definition) is 4. The van der Waals surface area contributed by atoms with Crippen LogP contribution in [0, 0.1) is 0 Å². The van der Waals surface area contributed by atoms with Gasteiger partial charge < -0.3 is 15.0 Å². The summed E-state index contributed by atoms with van der Waals surface area (Å²) in [7, 11) is 0. The number of carbonyl (C=O) groups excluding carboxylic acids is 2. The Morgan fingerprint density at radius 3 is 3.10 bits per heavy atom. The van der Waals surface area contributed by atoms with E-state index in [1.165, 1.54) is 5.56 Å². The van der Waals surface area contributed by atoms with Crippen molar-refractivity contribution in [1.82, 2.24) is 9.88 Å². The fourth-order valence-corrected chi connectivity index (χ4v) is 4.50. The van der Waals surface area contributed by atoms with Gasteiger partial charge in [0.15, 0.2) is 0 Å². The molecule has 148 valence electrons. The fraction of sp³-hybridized carbons (Fsp3) is 0.348. The van der Waals surface area contributed by atoms with Crippen molar-refractivity contribution < 1.29 is 14.3 Å². The van der Waals surface area contributed by atoms with E-state index in [1.807, 2.05) is 23.1 Å². The Morgan fingerprint density at radius 1 is 1.28 bits per heavy atom. The standard InChI is InChI=1S/C23H23N3O3/c27-21-9-8-16-12-15(13-24-23(16)25-21)7-10-22(28)26-11-3-5-18-17-4-1-2-6-19(17)29-20(18)14-26/h1-2,4,6-7,10,12-13,18,20H,3,5,8-9,11,14H2,(H,24,25,27)/b10-7+. The number of benzene rings is 1. The first-order valence-electron chi connectivity index (χ1n) is 10.2. The van der Waals surface area contributed by atoms with Crippen molar-refractivity contribution in [2.45, 2.75) is 37.7 Å². The number of pyridine rings is 1. The molecule has 3 aliphatic heterocycles. The van der Waals surface area contributed by atoms with E-state index in [2.05, 4.69) is 22.4 Å². The molecule has 1 saturated heterocycles. The molecule has 2 unspecified atom stereocenters. The van der Waals surface area contributed by atoms with Gasteiger partial charge in [0, 0.05) is 36.7 Å². The Bertz CT molecular complexity index is 1000. The lowest BCUT2D eigenvalue weighted by molar-refractivity contribution is -0.126. The largest absolute Gasteiger partial charge is 0.488 e. The first-order chi connectivity index (χ1) is 14.2. The zero-order chi connectivity index (χ0) is 19.8. The molecule has 0 spiro atoms. The predicted octanol–water partition coefficient (Wildman–Crippen LogP) is 3.15. The lowest BCUT2D eigenvalue weighted by Gasteiger charge is -2.23. The minimum absolute atomic E-state index is 0.000722. The number of amides is 2. The maximum atomic E-state index is 12.8. The molecule has 0 bridgehead atoms.